The number of terminal acetylenes is 1. The Morgan fingerprint density at radius 2 is 2.50 bits per heavy atom. The zero-order chi connectivity index (χ0) is 10.4. The van der Waals surface area contributed by atoms with Gasteiger partial charge in [0.05, 0.1) is 5.01 Å². The first-order valence-electron chi connectivity index (χ1n) is 4.84. The lowest BCUT2D eigenvalue weighted by molar-refractivity contribution is 0.509. The summed E-state index contributed by atoms with van der Waals surface area (Å²) in [7, 11) is 0. The van der Waals surface area contributed by atoms with Gasteiger partial charge in [-0.25, -0.2) is 4.98 Å². The van der Waals surface area contributed by atoms with Crippen molar-refractivity contribution in [2.24, 2.45) is 0 Å². The van der Waals surface area contributed by atoms with Gasteiger partial charge >= 0.3 is 0 Å². The van der Waals surface area contributed by atoms with E-state index in [1.165, 1.54) is 4.88 Å². The molecule has 0 saturated heterocycles. The van der Waals surface area contributed by atoms with Gasteiger partial charge in [-0.3, -0.25) is 0 Å². The average Bonchev–Trinajstić information content (AvgIpc) is 2.59. The Bertz CT molecular complexity index is 311. The van der Waals surface area contributed by atoms with Gasteiger partial charge in [0.1, 0.15) is 0 Å². The largest absolute Gasteiger partial charge is 0.308 e. The van der Waals surface area contributed by atoms with Crippen LogP contribution in [-0.2, 0) is 6.54 Å². The van der Waals surface area contributed by atoms with Crippen molar-refractivity contribution in [2.75, 3.05) is 0 Å². The van der Waals surface area contributed by atoms with E-state index in [0.29, 0.717) is 6.04 Å². The van der Waals surface area contributed by atoms with E-state index in [4.69, 9.17) is 6.42 Å². The van der Waals surface area contributed by atoms with Crippen LogP contribution in [-0.4, -0.2) is 11.0 Å². The number of nitrogens with zero attached hydrogens (tertiary/aromatic N) is 1. The number of aromatic nitrogens is 1. The first-order valence-corrected chi connectivity index (χ1v) is 5.66. The highest BCUT2D eigenvalue weighted by Crippen LogP contribution is 2.11. The summed E-state index contributed by atoms with van der Waals surface area (Å²) in [4.78, 5) is 5.48. The van der Waals surface area contributed by atoms with Gasteiger partial charge < -0.3 is 5.32 Å². The van der Waals surface area contributed by atoms with Crippen molar-refractivity contribution in [1.29, 1.82) is 0 Å². The number of rotatable bonds is 5. The number of aryl methyl sites for hydroxylation is 1. The molecule has 76 valence electrons. The molecule has 2 nitrogen and oxygen atoms in total. The monoisotopic (exact) mass is 208 g/mol. The maximum Gasteiger partial charge on any atom is 0.0897 e. The van der Waals surface area contributed by atoms with E-state index < -0.39 is 0 Å². The van der Waals surface area contributed by atoms with E-state index in [-0.39, 0.29) is 0 Å². The zero-order valence-electron chi connectivity index (χ0n) is 8.71. The number of hydrogen-bond acceptors (Lipinski definition) is 3. The van der Waals surface area contributed by atoms with Crippen LogP contribution in [0.5, 0.6) is 0 Å². The number of hydrogen-bond donors (Lipinski definition) is 1. The van der Waals surface area contributed by atoms with Crippen molar-refractivity contribution < 1.29 is 0 Å². The molecule has 1 aromatic rings. The normalized spacial score (nSPS) is 12.4. The predicted molar refractivity (Wildman–Crippen MR) is 61.2 cm³/mol. The van der Waals surface area contributed by atoms with E-state index >= 15 is 0 Å². The van der Waals surface area contributed by atoms with Gasteiger partial charge in [-0.1, -0.05) is 6.92 Å². The summed E-state index contributed by atoms with van der Waals surface area (Å²) in [5.74, 6) is 2.69. The molecule has 3 heteroatoms. The molecule has 14 heavy (non-hydrogen) atoms. The third-order valence-corrected chi connectivity index (χ3v) is 3.00. The van der Waals surface area contributed by atoms with Gasteiger partial charge in [0, 0.05) is 30.1 Å². The van der Waals surface area contributed by atoms with E-state index in [0.717, 1.165) is 24.4 Å². The predicted octanol–water partition coefficient (Wildman–Crippen LogP) is 2.34. The molecule has 0 spiro atoms. The van der Waals surface area contributed by atoms with Crippen LogP contribution in [0.3, 0.4) is 0 Å². The fraction of sp³-hybridized carbons (Fsp3) is 0.545. The van der Waals surface area contributed by atoms with Crippen molar-refractivity contribution in [1.82, 2.24) is 10.3 Å². The lowest BCUT2D eigenvalue weighted by Crippen LogP contribution is -2.26. The Morgan fingerprint density at radius 3 is 3.00 bits per heavy atom. The molecule has 0 bridgehead atoms. The van der Waals surface area contributed by atoms with Crippen molar-refractivity contribution >= 4 is 11.3 Å². The molecule has 0 aliphatic rings. The minimum absolute atomic E-state index is 0.433. The van der Waals surface area contributed by atoms with Crippen molar-refractivity contribution in [3.63, 3.8) is 0 Å². The Balaban J connectivity index is 2.36. The maximum absolute atomic E-state index is 5.28. The summed E-state index contributed by atoms with van der Waals surface area (Å²) in [6, 6.07) is 0.433. The lowest BCUT2D eigenvalue weighted by atomic mass is 10.1. The van der Waals surface area contributed by atoms with Crippen LogP contribution < -0.4 is 5.32 Å². The molecule has 0 aliphatic carbocycles. The first kappa shape index (κ1) is 11.2. The fourth-order valence-corrected chi connectivity index (χ4v) is 1.98. The second kappa shape index (κ2) is 5.79. The van der Waals surface area contributed by atoms with E-state index in [1.807, 2.05) is 13.1 Å². The van der Waals surface area contributed by atoms with Gasteiger partial charge in [0.25, 0.3) is 0 Å². The van der Waals surface area contributed by atoms with E-state index in [9.17, 15) is 0 Å². The Kier molecular flexibility index (Phi) is 4.64. The van der Waals surface area contributed by atoms with Gasteiger partial charge in [0.15, 0.2) is 0 Å². The quantitative estimate of drug-likeness (QED) is 0.751. The summed E-state index contributed by atoms with van der Waals surface area (Å²) in [6.45, 7) is 5.05. The van der Waals surface area contributed by atoms with Crippen LogP contribution in [0.1, 0.15) is 29.7 Å². The molecule has 0 radical (unpaired) electrons. The number of thiazole rings is 1. The highest BCUT2D eigenvalue weighted by atomic mass is 32.1. The summed E-state index contributed by atoms with van der Waals surface area (Å²) < 4.78 is 0. The average molecular weight is 208 g/mol. The van der Waals surface area contributed by atoms with Gasteiger partial charge in [0.2, 0.25) is 0 Å². The van der Waals surface area contributed by atoms with Crippen LogP contribution in [0.15, 0.2) is 6.20 Å². The van der Waals surface area contributed by atoms with Crippen LogP contribution in [0, 0.1) is 19.3 Å². The topological polar surface area (TPSA) is 24.9 Å². The Hall–Kier alpha value is -0.850. The Labute approximate surface area is 89.8 Å². The van der Waals surface area contributed by atoms with Gasteiger partial charge in [-0.2, -0.15) is 0 Å². The summed E-state index contributed by atoms with van der Waals surface area (Å²) >= 11 is 1.73. The van der Waals surface area contributed by atoms with Gasteiger partial charge in [-0.15, -0.1) is 23.7 Å². The van der Waals surface area contributed by atoms with Gasteiger partial charge in [-0.05, 0) is 13.3 Å². The molecule has 0 aliphatic heterocycles. The summed E-state index contributed by atoms with van der Waals surface area (Å²) in [5.41, 5.74) is 0. The molecule has 1 aromatic heterocycles. The molecule has 1 rings (SSSR count). The second-order valence-corrected chi connectivity index (χ2v) is 4.56. The van der Waals surface area contributed by atoms with Crippen LogP contribution >= 0.6 is 11.3 Å². The van der Waals surface area contributed by atoms with Crippen LogP contribution in [0.2, 0.25) is 0 Å². The van der Waals surface area contributed by atoms with Crippen molar-refractivity contribution in [2.45, 2.75) is 39.3 Å². The minimum Gasteiger partial charge on any atom is -0.308 e. The second-order valence-electron chi connectivity index (χ2n) is 3.24. The molecule has 1 unspecified atom stereocenters. The van der Waals surface area contributed by atoms with Crippen molar-refractivity contribution in [3.8, 4) is 12.3 Å². The van der Waals surface area contributed by atoms with Crippen LogP contribution in [0.4, 0.5) is 0 Å². The van der Waals surface area contributed by atoms with E-state index in [2.05, 4.69) is 23.1 Å². The first-order chi connectivity index (χ1) is 6.76. The van der Waals surface area contributed by atoms with Crippen LogP contribution in [0.25, 0.3) is 0 Å². The maximum atomic E-state index is 5.28. The molecule has 1 heterocycles. The minimum atomic E-state index is 0.433. The molecule has 0 fully saturated rings. The third-order valence-electron chi connectivity index (χ3n) is 2.09. The lowest BCUT2D eigenvalue weighted by Gasteiger charge is -2.12. The molecular weight excluding hydrogens is 192 g/mol. The highest BCUT2D eigenvalue weighted by Gasteiger charge is 2.04. The molecule has 0 amide bonds. The van der Waals surface area contributed by atoms with Crippen molar-refractivity contribution in [3.05, 3.63) is 16.1 Å². The molecule has 1 atom stereocenters. The molecule has 0 aromatic carbocycles. The molecule has 0 saturated carbocycles. The third kappa shape index (κ3) is 3.49. The summed E-state index contributed by atoms with van der Waals surface area (Å²) in [6.07, 6.45) is 9.08. The zero-order valence-corrected chi connectivity index (χ0v) is 9.53. The SMILES string of the molecule is C#CCC(CC)NCc1cnc(C)s1. The molecular formula is C11H16N2S. The molecule has 1 N–H and O–H groups in total. The smallest absolute Gasteiger partial charge is 0.0897 e. The van der Waals surface area contributed by atoms with E-state index in [1.54, 1.807) is 11.3 Å². The highest BCUT2D eigenvalue weighted by molar-refractivity contribution is 7.11. The number of nitrogens with one attached hydrogen (secondary N) is 1. The summed E-state index contributed by atoms with van der Waals surface area (Å²) in [5, 5.41) is 4.55. The Morgan fingerprint density at radius 1 is 1.71 bits per heavy atom. The fourth-order valence-electron chi connectivity index (χ4n) is 1.24. The standard InChI is InChI=1S/C11H16N2S/c1-4-6-10(5-2)13-8-11-7-12-9(3)14-11/h1,7,10,13H,5-6,8H2,2-3H3.